The van der Waals surface area contributed by atoms with Gasteiger partial charge in [0.25, 0.3) is 11.6 Å². The van der Waals surface area contributed by atoms with Gasteiger partial charge in [-0.15, -0.1) is 0 Å². The summed E-state index contributed by atoms with van der Waals surface area (Å²) in [4.78, 5) is 23.0. The third kappa shape index (κ3) is 6.19. The minimum atomic E-state index is -0.550. The number of amides is 1. The number of halogens is 1. The highest BCUT2D eigenvalue weighted by Gasteiger charge is 2.13. The molecule has 0 atom stereocenters. The van der Waals surface area contributed by atoms with Gasteiger partial charge in [-0.05, 0) is 67.4 Å². The Labute approximate surface area is 196 Å². The van der Waals surface area contributed by atoms with Crippen molar-refractivity contribution in [2.45, 2.75) is 20.5 Å². The van der Waals surface area contributed by atoms with E-state index in [0.29, 0.717) is 22.0 Å². The van der Waals surface area contributed by atoms with Crippen molar-refractivity contribution >= 4 is 35.0 Å². The van der Waals surface area contributed by atoms with E-state index in [1.54, 1.807) is 36.4 Å². The number of nitro groups is 1. The van der Waals surface area contributed by atoms with Crippen LogP contribution in [0.5, 0.6) is 5.75 Å². The van der Waals surface area contributed by atoms with Crippen LogP contribution in [0, 0.1) is 35.3 Å². The molecule has 0 aliphatic rings. The van der Waals surface area contributed by atoms with Gasteiger partial charge in [-0.3, -0.25) is 14.9 Å². The van der Waals surface area contributed by atoms with Gasteiger partial charge in [-0.1, -0.05) is 29.3 Å². The fourth-order valence-electron chi connectivity index (χ4n) is 3.09. The highest BCUT2D eigenvalue weighted by molar-refractivity contribution is 6.30. The molecule has 3 aromatic rings. The number of aryl methyl sites for hydroxylation is 2. The van der Waals surface area contributed by atoms with E-state index in [1.165, 1.54) is 18.2 Å². The van der Waals surface area contributed by atoms with Crippen LogP contribution >= 0.6 is 11.6 Å². The maximum absolute atomic E-state index is 12.7. The van der Waals surface area contributed by atoms with E-state index in [2.05, 4.69) is 5.32 Å². The van der Waals surface area contributed by atoms with Crippen molar-refractivity contribution in [3.05, 3.63) is 104 Å². The second-order valence-corrected chi connectivity index (χ2v) is 7.77. The number of nitrogens with one attached hydrogen (secondary N) is 1. The molecular formula is C25H20ClN3O4. The lowest BCUT2D eigenvalue weighted by Crippen LogP contribution is -2.14. The molecule has 1 amide bonds. The number of hydrogen-bond donors (Lipinski definition) is 1. The number of rotatable bonds is 7. The van der Waals surface area contributed by atoms with E-state index in [9.17, 15) is 20.2 Å². The van der Waals surface area contributed by atoms with Gasteiger partial charge in [0.15, 0.2) is 0 Å². The molecule has 0 unspecified atom stereocenters. The molecule has 0 aliphatic heterocycles. The van der Waals surface area contributed by atoms with Crippen LogP contribution in [0.4, 0.5) is 11.4 Å². The Morgan fingerprint density at radius 2 is 1.88 bits per heavy atom. The lowest BCUT2D eigenvalue weighted by Gasteiger charge is -2.11. The van der Waals surface area contributed by atoms with Crippen molar-refractivity contribution in [2.75, 3.05) is 5.32 Å². The van der Waals surface area contributed by atoms with Crippen molar-refractivity contribution < 1.29 is 14.5 Å². The number of carbonyl (C=O) groups excluding carboxylic acids is 1. The van der Waals surface area contributed by atoms with Gasteiger partial charge in [-0.2, -0.15) is 5.26 Å². The van der Waals surface area contributed by atoms with Crippen molar-refractivity contribution in [3.8, 4) is 11.8 Å². The average molecular weight is 462 g/mol. The molecule has 3 aromatic carbocycles. The van der Waals surface area contributed by atoms with Crippen molar-refractivity contribution in [1.82, 2.24) is 0 Å². The minimum Gasteiger partial charge on any atom is -0.488 e. The number of hydrogen-bond acceptors (Lipinski definition) is 5. The molecule has 0 fully saturated rings. The summed E-state index contributed by atoms with van der Waals surface area (Å²) in [5, 5.41) is 23.5. The fourth-order valence-corrected chi connectivity index (χ4v) is 3.27. The topological polar surface area (TPSA) is 105 Å². The van der Waals surface area contributed by atoms with Crippen LogP contribution in [0.2, 0.25) is 5.02 Å². The van der Waals surface area contributed by atoms with Crippen LogP contribution in [0.3, 0.4) is 0 Å². The monoisotopic (exact) mass is 461 g/mol. The molecule has 33 heavy (non-hydrogen) atoms. The summed E-state index contributed by atoms with van der Waals surface area (Å²) in [6, 6.07) is 18.4. The number of anilines is 1. The molecule has 8 heteroatoms. The standard InChI is InChI=1S/C25H20ClN3O4/c1-16-3-9-23(17(2)11-16)28-25(30)20(14-27)12-19-13-21(26)6-10-24(19)33-15-18-4-7-22(8-5-18)29(31)32/h3-13H,15H2,1-2H3,(H,28,30)/b20-12+. The van der Waals surface area contributed by atoms with Gasteiger partial charge < -0.3 is 10.1 Å². The summed E-state index contributed by atoms with van der Waals surface area (Å²) in [5.41, 5.74) is 3.62. The molecule has 3 rings (SSSR count). The molecule has 0 radical (unpaired) electrons. The van der Waals surface area contributed by atoms with Gasteiger partial charge in [0.2, 0.25) is 0 Å². The molecular weight excluding hydrogens is 442 g/mol. The van der Waals surface area contributed by atoms with Gasteiger partial charge in [-0.25, -0.2) is 0 Å². The first-order valence-electron chi connectivity index (χ1n) is 9.93. The van der Waals surface area contributed by atoms with Crippen molar-refractivity contribution in [1.29, 1.82) is 5.26 Å². The second-order valence-electron chi connectivity index (χ2n) is 7.34. The Kier molecular flexibility index (Phi) is 7.44. The zero-order valence-electron chi connectivity index (χ0n) is 18.0. The van der Waals surface area contributed by atoms with Crippen LogP contribution in [0.25, 0.3) is 6.08 Å². The van der Waals surface area contributed by atoms with Gasteiger partial charge in [0.05, 0.1) is 4.92 Å². The lowest BCUT2D eigenvalue weighted by molar-refractivity contribution is -0.384. The Bertz CT molecular complexity index is 1280. The van der Waals surface area contributed by atoms with Gasteiger partial charge in [0, 0.05) is 28.4 Å². The summed E-state index contributed by atoms with van der Waals surface area (Å²) >= 11 is 6.12. The van der Waals surface area contributed by atoms with Crippen molar-refractivity contribution in [2.24, 2.45) is 0 Å². The van der Waals surface area contributed by atoms with Crippen LogP contribution in [0.15, 0.2) is 66.2 Å². The number of nitro benzene ring substituents is 1. The van der Waals surface area contributed by atoms with Crippen LogP contribution in [-0.2, 0) is 11.4 Å². The molecule has 166 valence electrons. The molecule has 0 saturated carbocycles. The average Bonchev–Trinajstić information content (AvgIpc) is 2.78. The molecule has 0 aliphatic carbocycles. The minimum absolute atomic E-state index is 0.0117. The van der Waals surface area contributed by atoms with Crippen molar-refractivity contribution in [3.63, 3.8) is 0 Å². The zero-order chi connectivity index (χ0) is 24.0. The van der Waals surface area contributed by atoms with E-state index < -0.39 is 10.8 Å². The Balaban J connectivity index is 1.81. The van der Waals surface area contributed by atoms with E-state index in [1.807, 2.05) is 32.0 Å². The summed E-state index contributed by atoms with van der Waals surface area (Å²) < 4.78 is 5.84. The molecule has 0 spiro atoms. The largest absolute Gasteiger partial charge is 0.488 e. The highest BCUT2D eigenvalue weighted by atomic mass is 35.5. The van der Waals surface area contributed by atoms with E-state index in [0.717, 1.165) is 16.7 Å². The smallest absolute Gasteiger partial charge is 0.269 e. The number of benzene rings is 3. The Morgan fingerprint density at radius 3 is 2.52 bits per heavy atom. The first-order chi connectivity index (χ1) is 15.8. The molecule has 0 aromatic heterocycles. The number of carbonyl (C=O) groups is 1. The molecule has 0 saturated heterocycles. The van der Waals surface area contributed by atoms with Gasteiger partial charge >= 0.3 is 0 Å². The van der Waals surface area contributed by atoms with E-state index in [-0.39, 0.29) is 17.9 Å². The second kappa shape index (κ2) is 10.4. The maximum atomic E-state index is 12.7. The Hall–Kier alpha value is -4.15. The molecule has 0 bridgehead atoms. The van der Waals surface area contributed by atoms with Crippen LogP contribution in [0.1, 0.15) is 22.3 Å². The predicted octanol–water partition coefficient (Wildman–Crippen LogP) is 5.99. The molecule has 7 nitrogen and oxygen atoms in total. The first-order valence-corrected chi connectivity index (χ1v) is 10.3. The normalized spacial score (nSPS) is 10.9. The fraction of sp³-hybridized carbons (Fsp3) is 0.120. The lowest BCUT2D eigenvalue weighted by atomic mass is 10.1. The number of nitriles is 1. The SMILES string of the molecule is Cc1ccc(NC(=O)/C(C#N)=C/c2cc(Cl)ccc2OCc2ccc([N+](=O)[O-])cc2)c(C)c1. The third-order valence-corrected chi connectivity index (χ3v) is 5.04. The summed E-state index contributed by atoms with van der Waals surface area (Å²) in [5.74, 6) is -0.143. The Morgan fingerprint density at radius 1 is 1.15 bits per heavy atom. The molecule has 0 heterocycles. The number of non-ortho nitro benzene ring substituents is 1. The van der Waals surface area contributed by atoms with E-state index >= 15 is 0 Å². The molecule has 1 N–H and O–H groups in total. The zero-order valence-corrected chi connectivity index (χ0v) is 18.7. The van der Waals surface area contributed by atoms with Crippen LogP contribution in [-0.4, -0.2) is 10.8 Å². The third-order valence-electron chi connectivity index (χ3n) is 4.81. The predicted molar refractivity (Wildman–Crippen MR) is 127 cm³/mol. The maximum Gasteiger partial charge on any atom is 0.269 e. The van der Waals surface area contributed by atoms with Gasteiger partial charge in [0.1, 0.15) is 24.0 Å². The highest BCUT2D eigenvalue weighted by Crippen LogP contribution is 2.27. The first kappa shape index (κ1) is 23.5. The summed E-state index contributed by atoms with van der Waals surface area (Å²) in [7, 11) is 0. The van der Waals surface area contributed by atoms with Crippen LogP contribution < -0.4 is 10.1 Å². The quantitative estimate of drug-likeness (QED) is 0.201. The number of nitrogens with zero attached hydrogens (tertiary/aromatic N) is 2. The van der Waals surface area contributed by atoms with E-state index in [4.69, 9.17) is 16.3 Å². The summed E-state index contributed by atoms with van der Waals surface area (Å²) in [6.07, 6.45) is 1.41. The number of ether oxygens (including phenoxy) is 1. The summed E-state index contributed by atoms with van der Waals surface area (Å²) in [6.45, 7) is 3.97.